The predicted molar refractivity (Wildman–Crippen MR) is 404 cm³/mol. The molecule has 3 rings (SSSR count). The molecule has 1 fully saturated rings. The molecule has 1 saturated heterocycles. The molecule has 40 heteroatoms. The third-order valence-electron chi connectivity index (χ3n) is 17.8. The first-order valence-corrected chi connectivity index (χ1v) is 37.1. The van der Waals surface area contributed by atoms with Crippen LogP contribution < -0.4 is 81.8 Å². The van der Waals surface area contributed by atoms with E-state index < -0.39 is 200 Å². The van der Waals surface area contributed by atoms with Crippen LogP contribution in [0.25, 0.3) is 0 Å². The Morgan fingerprint density at radius 3 is 1.44 bits per heavy atom. The van der Waals surface area contributed by atoms with E-state index in [1.165, 1.54) is 55.2 Å². The molecule has 0 spiro atoms. The number of aliphatic imine (C=N–C) groups is 2. The van der Waals surface area contributed by atoms with Gasteiger partial charge in [-0.25, -0.2) is 9.78 Å². The molecule has 2 aromatic rings. The number of phenolic OH excluding ortho intramolecular Hbond substituents is 1. The lowest BCUT2D eigenvalue weighted by molar-refractivity contribution is -0.144. The van der Waals surface area contributed by atoms with Crippen LogP contribution in [0.3, 0.4) is 0 Å². The van der Waals surface area contributed by atoms with E-state index in [0.717, 1.165) is 4.90 Å². The minimum atomic E-state index is -1.97. The lowest BCUT2D eigenvalue weighted by Gasteiger charge is -2.31. The first-order chi connectivity index (χ1) is 52.0. The number of benzene rings is 1. The Morgan fingerprint density at radius 2 is 0.964 bits per heavy atom. The van der Waals surface area contributed by atoms with Crippen LogP contribution in [0.2, 0.25) is 0 Å². The number of carbonyl (C=O) groups is 13. The number of amides is 11. The number of carbonyl (C=O) groups excluding carboxylic acids is 11. The Kier molecular flexibility index (Phi) is 40.2. The monoisotopic (exact) mass is 1570 g/mol. The van der Waals surface area contributed by atoms with E-state index in [9.17, 15) is 98.1 Å². The summed E-state index contributed by atoms with van der Waals surface area (Å²) >= 11 is 0. The molecule has 1 aromatic carbocycles. The van der Waals surface area contributed by atoms with E-state index in [0.29, 0.717) is 0 Å². The van der Waals surface area contributed by atoms with Crippen molar-refractivity contribution in [2.24, 2.45) is 68.2 Å². The van der Waals surface area contributed by atoms with Crippen LogP contribution in [-0.2, 0) is 81.7 Å². The number of hydrogen-bond acceptors (Lipinski definition) is 22. The number of aliphatic hydroxyl groups is 4. The van der Waals surface area contributed by atoms with Gasteiger partial charge >= 0.3 is 11.9 Å². The zero-order valence-corrected chi connectivity index (χ0v) is 64.7. The van der Waals surface area contributed by atoms with Crippen LogP contribution in [0, 0.1) is 29.6 Å². The van der Waals surface area contributed by atoms with E-state index in [4.69, 9.17) is 28.7 Å². The number of phenols is 1. The maximum absolute atomic E-state index is 14.7. The summed E-state index contributed by atoms with van der Waals surface area (Å²) in [5.74, 6) is -16.0. The van der Waals surface area contributed by atoms with Crippen molar-refractivity contribution in [3.8, 4) is 5.75 Å². The van der Waals surface area contributed by atoms with Crippen molar-refractivity contribution in [1.82, 2.24) is 67.6 Å². The van der Waals surface area contributed by atoms with Gasteiger partial charge in [-0.1, -0.05) is 81.4 Å². The SMILES string of the molecule is CC(C)C[C@H](NC(=O)[C@H](CC(C)C)NC(=O)[C@H](CC(C)C)NC(=O)[C@@H](NC(=O)[C@@H](NC(=O)[C@H](CO)NC(=O)[C@H](Cc1ccc(O)cc1)NC(=O)[C@H](CC(=O)O)NC(=O)[C@@H]1CCCN1C(=O)[C@H](Cc1cn(CC(O)C(O)CO)cn1)NC(=O)[C@@H](N)CCCN=C(N)N)C(C)C)C(C)C)C(=O)N[C@@H](CCCN=C(N)N)C(=O)O. The fourth-order valence-corrected chi connectivity index (χ4v) is 11.9. The van der Waals surface area contributed by atoms with Gasteiger partial charge in [-0.05, 0) is 105 Å². The number of carboxylic acids is 2. The van der Waals surface area contributed by atoms with Crippen molar-refractivity contribution in [3.05, 3.63) is 48.0 Å². The normalized spacial score (nSPS) is 16.3. The standard InChI is InChI=1S/C71H118N20O20/c1-35(2)24-45(59(100)80-44(69(110)111)15-12-22-78-71(75)76)81-60(101)46(25-36(3)4)82-61(102)47(26-37(5)6)85-66(107)56(38(7)8)89-67(108)57(39(9)10)88-64(105)51(32-92)87-62(103)48(27-40-17-19-42(94)20-18-40)83-63(104)49(29-55(97)98)84-65(106)52-16-13-23-91(52)68(109)50(86-58(99)43(72)14-11-21-77-70(73)74)28-41-30-90(34-79-41)31-53(95)54(96)33-93/h17-20,30,34-39,43-54,56-57,92-96H,11-16,21-29,31-33,72H2,1-10H3,(H,80,100)(H,81,101)(H,82,102)(H,83,104)(H,84,106)(H,85,107)(H,86,99)(H,87,103)(H,88,105)(H,89,108)(H,97,98)(H,110,111)(H4,73,74,77)(H4,75,76,78)/t43-,44-,45-,46-,47-,48-,49-,50-,51-,52-,53?,54?,56-,57-/m0/s1. The Balaban J connectivity index is 1.89. The number of aliphatic carboxylic acids is 2. The summed E-state index contributed by atoms with van der Waals surface area (Å²) < 4.78 is 1.36. The summed E-state index contributed by atoms with van der Waals surface area (Å²) in [4.78, 5) is 195. The van der Waals surface area contributed by atoms with Crippen molar-refractivity contribution >= 4 is 88.8 Å². The predicted octanol–water partition coefficient (Wildman–Crippen LogP) is -5.64. The summed E-state index contributed by atoms with van der Waals surface area (Å²) in [5.41, 5.74) is 28.3. The first kappa shape index (κ1) is 94.9. The quantitative estimate of drug-likeness (QED) is 0.0167. The molecule has 1 aliphatic heterocycles. The van der Waals surface area contributed by atoms with Crippen LogP contribution in [0.4, 0.5) is 0 Å². The second-order valence-corrected chi connectivity index (χ2v) is 29.6. The molecule has 40 nitrogen and oxygen atoms in total. The molecule has 27 N–H and O–H groups in total. The molecule has 0 aliphatic carbocycles. The van der Waals surface area contributed by atoms with Crippen molar-refractivity contribution in [1.29, 1.82) is 0 Å². The Bertz CT molecular complexity index is 3490. The molecule has 2 heterocycles. The van der Waals surface area contributed by atoms with E-state index in [2.05, 4.69) is 68.1 Å². The number of hydrogen-bond donors (Lipinski definition) is 22. The van der Waals surface area contributed by atoms with E-state index in [-0.39, 0.29) is 137 Å². The van der Waals surface area contributed by atoms with Crippen LogP contribution >= 0.6 is 0 Å². The van der Waals surface area contributed by atoms with Crippen molar-refractivity contribution in [3.63, 3.8) is 0 Å². The molecule has 2 unspecified atom stereocenters. The summed E-state index contributed by atoms with van der Waals surface area (Å²) in [6.07, 6.45) is -1.28. The van der Waals surface area contributed by atoms with Crippen molar-refractivity contribution < 1.29 is 98.1 Å². The molecule has 0 saturated carbocycles. The number of aromatic nitrogens is 2. The van der Waals surface area contributed by atoms with Crippen LogP contribution in [0.5, 0.6) is 5.75 Å². The molecule has 622 valence electrons. The number of likely N-dealkylation sites (tertiary alicyclic amines) is 1. The Morgan fingerprint density at radius 1 is 0.523 bits per heavy atom. The van der Waals surface area contributed by atoms with Crippen molar-refractivity contribution in [2.75, 3.05) is 32.8 Å². The van der Waals surface area contributed by atoms with Gasteiger partial charge in [-0.3, -0.25) is 67.5 Å². The summed E-state index contributed by atoms with van der Waals surface area (Å²) in [6, 6.07) is -12.5. The molecular weight excluding hydrogens is 1450 g/mol. The number of aliphatic hydroxyl groups excluding tert-OH is 4. The molecule has 1 aliphatic rings. The molecular formula is C71H118N20O20. The second-order valence-electron chi connectivity index (χ2n) is 29.6. The fraction of sp³-hybridized carbons (Fsp3) is 0.662. The molecule has 0 radical (unpaired) electrons. The molecule has 14 atom stereocenters. The van der Waals surface area contributed by atoms with Gasteiger partial charge in [0.2, 0.25) is 65.0 Å². The average molecular weight is 1570 g/mol. The number of aromatic hydroxyl groups is 1. The third-order valence-corrected chi connectivity index (χ3v) is 17.8. The molecule has 111 heavy (non-hydrogen) atoms. The highest BCUT2D eigenvalue weighted by atomic mass is 16.4. The van der Waals surface area contributed by atoms with Gasteiger partial charge in [0.1, 0.15) is 78.3 Å². The second kappa shape index (κ2) is 47.0. The number of rotatable bonds is 49. The van der Waals surface area contributed by atoms with E-state index in [1.54, 1.807) is 55.4 Å². The fourth-order valence-electron chi connectivity index (χ4n) is 11.9. The van der Waals surface area contributed by atoms with Gasteiger partial charge in [0, 0.05) is 38.7 Å². The minimum Gasteiger partial charge on any atom is -0.508 e. The summed E-state index contributed by atoms with van der Waals surface area (Å²) in [5, 5.41) is 95.9. The number of nitrogens with two attached hydrogens (primary N) is 5. The Hall–Kier alpha value is -10.3. The maximum Gasteiger partial charge on any atom is 0.326 e. The van der Waals surface area contributed by atoms with E-state index >= 15 is 0 Å². The summed E-state index contributed by atoms with van der Waals surface area (Å²) in [7, 11) is 0. The first-order valence-electron chi connectivity index (χ1n) is 37.1. The van der Waals surface area contributed by atoms with Crippen LogP contribution in [0.15, 0.2) is 46.8 Å². The van der Waals surface area contributed by atoms with Gasteiger partial charge in [-0.15, -0.1) is 0 Å². The summed E-state index contributed by atoms with van der Waals surface area (Å²) in [6.45, 7) is 15.0. The largest absolute Gasteiger partial charge is 0.508 e. The maximum atomic E-state index is 14.7. The minimum absolute atomic E-state index is 0.0223. The van der Waals surface area contributed by atoms with E-state index in [1.807, 2.05) is 0 Å². The van der Waals surface area contributed by atoms with Gasteiger partial charge < -0.3 is 127 Å². The number of nitrogens with one attached hydrogen (secondary N) is 10. The zero-order chi connectivity index (χ0) is 83.7. The highest BCUT2D eigenvalue weighted by Gasteiger charge is 2.42. The van der Waals surface area contributed by atoms with Gasteiger partial charge in [0.05, 0.1) is 50.3 Å². The van der Waals surface area contributed by atoms with Gasteiger partial charge in [0.25, 0.3) is 0 Å². The third kappa shape index (κ3) is 33.4. The lowest BCUT2D eigenvalue weighted by atomic mass is 9.97. The number of nitrogens with zero attached hydrogens (tertiary/aromatic N) is 5. The molecule has 11 amide bonds. The highest BCUT2D eigenvalue weighted by Crippen LogP contribution is 2.22. The molecule has 0 bridgehead atoms. The molecule has 1 aromatic heterocycles. The van der Waals surface area contributed by atoms with Crippen LogP contribution in [0.1, 0.15) is 145 Å². The average Bonchev–Trinajstić information content (AvgIpc) is 1.72. The number of imidazole rings is 1. The smallest absolute Gasteiger partial charge is 0.326 e. The topological polar surface area (TPSA) is 660 Å². The Labute approximate surface area is 644 Å². The van der Waals surface area contributed by atoms with Crippen LogP contribution in [-0.4, -0.2) is 257 Å². The number of carboxylic acid groups (broad SMARTS) is 2. The zero-order valence-electron chi connectivity index (χ0n) is 64.7. The number of guanidine groups is 2. The van der Waals surface area contributed by atoms with Gasteiger partial charge in [0.15, 0.2) is 11.9 Å². The van der Waals surface area contributed by atoms with Gasteiger partial charge in [-0.2, -0.15) is 0 Å². The lowest BCUT2D eigenvalue weighted by Crippen LogP contribution is -2.62. The van der Waals surface area contributed by atoms with Crippen molar-refractivity contribution in [2.45, 2.75) is 238 Å². The highest BCUT2D eigenvalue weighted by molar-refractivity contribution is 6.00.